The van der Waals surface area contributed by atoms with E-state index in [1.165, 1.54) is 24.8 Å². The fourth-order valence-electron chi connectivity index (χ4n) is 3.64. The molecule has 0 aliphatic carbocycles. The Morgan fingerprint density at radius 2 is 1.85 bits per heavy atom. The van der Waals surface area contributed by atoms with Crippen molar-refractivity contribution in [3.8, 4) is 0 Å². The van der Waals surface area contributed by atoms with Crippen LogP contribution in [0.2, 0.25) is 0 Å². The van der Waals surface area contributed by atoms with Crippen molar-refractivity contribution in [1.29, 1.82) is 0 Å². The normalized spacial score (nSPS) is 17.3. The molecule has 3 rings (SSSR count). The third-order valence-electron chi connectivity index (χ3n) is 4.97. The van der Waals surface area contributed by atoms with Crippen molar-refractivity contribution in [3.05, 3.63) is 47.3 Å². The molecule has 7 heteroatoms. The number of hydrogen-bond acceptors (Lipinski definition) is 5. The quantitative estimate of drug-likeness (QED) is 0.803. The lowest BCUT2D eigenvalue weighted by Gasteiger charge is -2.34. The van der Waals surface area contributed by atoms with Gasteiger partial charge in [0.15, 0.2) is 5.76 Å². The summed E-state index contributed by atoms with van der Waals surface area (Å²) >= 11 is 0. The highest BCUT2D eigenvalue weighted by Gasteiger charge is 2.27. The Hall–Kier alpha value is -1.70. The van der Waals surface area contributed by atoms with Crippen molar-refractivity contribution in [2.45, 2.75) is 50.5 Å². The van der Waals surface area contributed by atoms with Crippen LogP contribution >= 0.6 is 0 Å². The van der Waals surface area contributed by atoms with Crippen molar-refractivity contribution in [3.63, 3.8) is 0 Å². The molecule has 1 aromatic heterocycles. The average molecular weight is 378 g/mol. The zero-order valence-electron chi connectivity index (χ0n) is 15.4. The molecule has 0 amide bonds. The Morgan fingerprint density at radius 3 is 2.46 bits per heavy atom. The van der Waals surface area contributed by atoms with E-state index in [4.69, 9.17) is 4.52 Å². The van der Waals surface area contributed by atoms with Crippen LogP contribution in [0.3, 0.4) is 0 Å². The first-order valence-electron chi connectivity index (χ1n) is 9.18. The summed E-state index contributed by atoms with van der Waals surface area (Å²) in [6.07, 6.45) is 4.41. The summed E-state index contributed by atoms with van der Waals surface area (Å²) in [6, 6.07) is 10.4. The van der Waals surface area contributed by atoms with E-state index >= 15 is 0 Å². The highest BCUT2D eigenvalue weighted by molar-refractivity contribution is 7.89. The molecular formula is C19H27N3O3S. The lowest BCUT2D eigenvalue weighted by atomic mass is 10.0. The van der Waals surface area contributed by atoms with Crippen molar-refractivity contribution < 1.29 is 12.9 Å². The second-order valence-corrected chi connectivity index (χ2v) is 8.65. The number of aryl methyl sites for hydroxylation is 2. The minimum absolute atomic E-state index is 0.132. The molecule has 1 N–H and O–H groups in total. The van der Waals surface area contributed by atoms with Gasteiger partial charge >= 0.3 is 0 Å². The van der Waals surface area contributed by atoms with Crippen LogP contribution in [0.1, 0.15) is 36.3 Å². The maximum absolute atomic E-state index is 12.7. The first-order valence-corrected chi connectivity index (χ1v) is 10.7. The third-order valence-corrected chi connectivity index (χ3v) is 6.63. The number of nitrogens with zero attached hydrogens (tertiary/aromatic N) is 2. The Labute approximate surface area is 155 Å². The van der Waals surface area contributed by atoms with Crippen LogP contribution < -0.4 is 4.72 Å². The van der Waals surface area contributed by atoms with Gasteiger partial charge in [0.25, 0.3) is 0 Å². The van der Waals surface area contributed by atoms with Gasteiger partial charge in [0.2, 0.25) is 10.0 Å². The minimum Gasteiger partial charge on any atom is -0.360 e. The average Bonchev–Trinajstić information content (AvgIpc) is 2.99. The Balaban J connectivity index is 1.74. The number of likely N-dealkylation sites (tertiary alicyclic amines) is 1. The van der Waals surface area contributed by atoms with E-state index in [1.54, 1.807) is 13.8 Å². The van der Waals surface area contributed by atoms with Crippen molar-refractivity contribution in [1.82, 2.24) is 14.8 Å². The number of rotatable bonds is 7. The molecule has 0 radical (unpaired) electrons. The topological polar surface area (TPSA) is 75.4 Å². The van der Waals surface area contributed by atoms with Crippen LogP contribution in [0.5, 0.6) is 0 Å². The summed E-state index contributed by atoms with van der Waals surface area (Å²) in [7, 11) is -3.64. The lowest BCUT2D eigenvalue weighted by Crippen LogP contribution is -2.47. The van der Waals surface area contributed by atoms with Crippen LogP contribution in [0, 0.1) is 13.8 Å². The number of benzene rings is 1. The summed E-state index contributed by atoms with van der Waals surface area (Å²) in [5.74, 6) is 0.326. The molecule has 0 bridgehead atoms. The van der Waals surface area contributed by atoms with E-state index in [1.807, 2.05) is 18.2 Å². The van der Waals surface area contributed by atoms with E-state index in [2.05, 4.69) is 26.9 Å². The molecule has 26 heavy (non-hydrogen) atoms. The van der Waals surface area contributed by atoms with Crippen LogP contribution in [0.4, 0.5) is 0 Å². The zero-order chi connectivity index (χ0) is 18.6. The second-order valence-electron chi connectivity index (χ2n) is 6.95. The Morgan fingerprint density at radius 1 is 1.15 bits per heavy atom. The van der Waals surface area contributed by atoms with Gasteiger partial charge in [-0.3, -0.25) is 4.90 Å². The second kappa shape index (κ2) is 8.33. The van der Waals surface area contributed by atoms with Gasteiger partial charge in [-0.25, -0.2) is 13.1 Å². The van der Waals surface area contributed by atoms with Gasteiger partial charge in [0.05, 0.1) is 0 Å². The lowest BCUT2D eigenvalue weighted by molar-refractivity contribution is 0.163. The Bertz CT molecular complexity index is 792. The van der Waals surface area contributed by atoms with Gasteiger partial charge in [-0.2, -0.15) is 0 Å². The number of aromatic nitrogens is 1. The van der Waals surface area contributed by atoms with Gasteiger partial charge in [-0.15, -0.1) is 0 Å². The van der Waals surface area contributed by atoms with Crippen LogP contribution in [0.25, 0.3) is 0 Å². The minimum atomic E-state index is -3.64. The largest absolute Gasteiger partial charge is 0.360 e. The molecule has 2 heterocycles. The van der Waals surface area contributed by atoms with Gasteiger partial charge in [0, 0.05) is 12.6 Å². The molecule has 2 aromatic rings. The van der Waals surface area contributed by atoms with Crippen molar-refractivity contribution in [2.75, 3.05) is 19.6 Å². The van der Waals surface area contributed by atoms with Gasteiger partial charge in [-0.05, 0) is 51.8 Å². The number of piperidine rings is 1. The highest BCUT2D eigenvalue weighted by Crippen LogP contribution is 2.20. The van der Waals surface area contributed by atoms with Crippen molar-refractivity contribution >= 4 is 10.0 Å². The molecule has 1 unspecified atom stereocenters. The number of nitrogens with one attached hydrogen (secondary N) is 1. The van der Waals surface area contributed by atoms with Crippen LogP contribution in [0.15, 0.2) is 39.8 Å². The molecule has 1 aliphatic rings. The molecule has 1 saturated heterocycles. The molecule has 0 saturated carbocycles. The van der Waals surface area contributed by atoms with Gasteiger partial charge in [-0.1, -0.05) is 41.9 Å². The number of sulfonamides is 1. The SMILES string of the molecule is Cc1noc(C)c1S(=O)(=O)NCC(Cc1ccccc1)N1CCCCC1. The van der Waals surface area contributed by atoms with Gasteiger partial charge in [0.1, 0.15) is 10.6 Å². The maximum atomic E-state index is 12.7. The fraction of sp³-hybridized carbons (Fsp3) is 0.526. The molecule has 0 spiro atoms. The van der Waals surface area contributed by atoms with E-state index in [0.717, 1.165) is 19.5 Å². The predicted octanol–water partition coefficient (Wildman–Crippen LogP) is 2.67. The smallest absolute Gasteiger partial charge is 0.246 e. The zero-order valence-corrected chi connectivity index (χ0v) is 16.3. The van der Waals surface area contributed by atoms with Gasteiger partial charge < -0.3 is 4.52 Å². The maximum Gasteiger partial charge on any atom is 0.246 e. The van der Waals surface area contributed by atoms with E-state index < -0.39 is 10.0 Å². The van der Waals surface area contributed by atoms with Crippen LogP contribution in [-0.2, 0) is 16.4 Å². The summed E-state index contributed by atoms with van der Waals surface area (Å²) < 4.78 is 33.3. The molecular weight excluding hydrogens is 350 g/mol. The number of hydrogen-bond donors (Lipinski definition) is 1. The summed E-state index contributed by atoms with van der Waals surface area (Å²) in [5, 5.41) is 3.76. The monoisotopic (exact) mass is 377 g/mol. The first kappa shape index (κ1) is 19.1. The molecule has 142 valence electrons. The third kappa shape index (κ3) is 4.52. The Kier molecular flexibility index (Phi) is 6.11. The summed E-state index contributed by atoms with van der Waals surface area (Å²) in [6.45, 7) is 5.69. The highest BCUT2D eigenvalue weighted by atomic mass is 32.2. The molecule has 1 aromatic carbocycles. The van der Waals surface area contributed by atoms with E-state index in [0.29, 0.717) is 18.0 Å². The first-order chi connectivity index (χ1) is 12.5. The van der Waals surface area contributed by atoms with Crippen LogP contribution in [-0.4, -0.2) is 44.2 Å². The van der Waals surface area contributed by atoms with E-state index in [9.17, 15) is 8.42 Å². The molecule has 1 fully saturated rings. The molecule has 1 atom stereocenters. The van der Waals surface area contributed by atoms with Crippen molar-refractivity contribution in [2.24, 2.45) is 0 Å². The molecule has 1 aliphatic heterocycles. The van der Waals surface area contributed by atoms with E-state index in [-0.39, 0.29) is 10.9 Å². The standard InChI is InChI=1S/C19H27N3O3S/c1-15-19(16(2)25-21-15)26(23,24)20-14-18(22-11-7-4-8-12-22)13-17-9-5-3-6-10-17/h3,5-6,9-10,18,20H,4,7-8,11-14H2,1-2H3. The fourth-order valence-corrected chi connectivity index (χ4v) is 5.03. The summed E-state index contributed by atoms with van der Waals surface area (Å²) in [4.78, 5) is 2.57. The summed E-state index contributed by atoms with van der Waals surface area (Å²) in [5.41, 5.74) is 1.62. The molecule has 6 nitrogen and oxygen atoms in total. The predicted molar refractivity (Wildman–Crippen MR) is 101 cm³/mol.